The second-order valence-electron chi connectivity index (χ2n) is 10.3. The molecular weight excluding hydrogens is 296 g/mol. The van der Waals surface area contributed by atoms with Crippen molar-refractivity contribution in [2.75, 3.05) is 0 Å². The summed E-state index contributed by atoms with van der Waals surface area (Å²) in [5, 5.41) is 0.342. The molecule has 2 heteroatoms. The first-order valence-electron chi connectivity index (χ1n) is 10.4. The standard InChI is InChI=1S/C21H40OSi/c1-8-10-14-15(11-9-2)19-17-13-12-16(17)18(14)20(19)22-23(6,7)21(3,4)5/h14-20H,8-13H2,1-7H3/t14-,15+,16-,17+,18+,19-,20?. The highest BCUT2D eigenvalue weighted by Gasteiger charge is 2.66. The quantitative estimate of drug-likeness (QED) is 0.503. The minimum Gasteiger partial charge on any atom is -0.413 e. The topological polar surface area (TPSA) is 9.23 Å². The Morgan fingerprint density at radius 3 is 1.61 bits per heavy atom. The number of hydrogen-bond acceptors (Lipinski definition) is 1. The Morgan fingerprint density at radius 1 is 0.870 bits per heavy atom. The number of fused-ring (bicyclic) bond motifs is 5. The van der Waals surface area contributed by atoms with Crippen LogP contribution >= 0.6 is 0 Å². The minimum absolute atomic E-state index is 0.342. The van der Waals surface area contributed by atoms with Gasteiger partial charge < -0.3 is 4.43 Å². The fraction of sp³-hybridized carbons (Fsp3) is 1.00. The smallest absolute Gasteiger partial charge is 0.192 e. The summed E-state index contributed by atoms with van der Waals surface area (Å²) in [5.41, 5.74) is 0. The van der Waals surface area contributed by atoms with Crippen molar-refractivity contribution < 1.29 is 4.43 Å². The van der Waals surface area contributed by atoms with E-state index in [0.717, 1.165) is 35.5 Å². The Labute approximate surface area is 146 Å². The normalized spacial score (nSPS) is 42.7. The molecule has 0 amide bonds. The van der Waals surface area contributed by atoms with E-state index in [1.807, 2.05) is 0 Å². The van der Waals surface area contributed by atoms with Crippen LogP contribution in [0.1, 0.15) is 73.1 Å². The van der Waals surface area contributed by atoms with Crippen LogP contribution < -0.4 is 0 Å². The monoisotopic (exact) mass is 336 g/mol. The summed E-state index contributed by atoms with van der Waals surface area (Å²) in [5.74, 6) is 5.81. The van der Waals surface area contributed by atoms with Gasteiger partial charge in [-0.15, -0.1) is 0 Å². The molecule has 0 spiro atoms. The van der Waals surface area contributed by atoms with Gasteiger partial charge in [0.15, 0.2) is 8.32 Å². The van der Waals surface area contributed by atoms with Crippen LogP contribution in [0.2, 0.25) is 18.1 Å². The van der Waals surface area contributed by atoms with Crippen molar-refractivity contribution in [3.05, 3.63) is 0 Å². The molecule has 2 bridgehead atoms. The minimum atomic E-state index is -1.65. The average Bonchev–Trinajstić information content (AvgIpc) is 2.75. The van der Waals surface area contributed by atoms with Crippen molar-refractivity contribution in [2.45, 2.75) is 97.4 Å². The molecule has 3 rings (SSSR count). The van der Waals surface area contributed by atoms with Gasteiger partial charge in [-0.25, -0.2) is 0 Å². The first-order chi connectivity index (χ1) is 10.7. The van der Waals surface area contributed by atoms with E-state index < -0.39 is 8.32 Å². The maximum atomic E-state index is 7.12. The molecule has 0 aromatic heterocycles. The van der Waals surface area contributed by atoms with Gasteiger partial charge in [0.1, 0.15) is 0 Å². The fourth-order valence-electron chi connectivity index (χ4n) is 6.10. The fourth-order valence-corrected chi connectivity index (χ4v) is 7.45. The zero-order valence-electron chi connectivity index (χ0n) is 16.7. The Hall–Kier alpha value is 0.177. The summed E-state index contributed by atoms with van der Waals surface area (Å²) >= 11 is 0. The maximum absolute atomic E-state index is 7.12. The second kappa shape index (κ2) is 6.16. The van der Waals surface area contributed by atoms with Crippen molar-refractivity contribution in [3.63, 3.8) is 0 Å². The van der Waals surface area contributed by atoms with E-state index in [4.69, 9.17) is 4.43 Å². The van der Waals surface area contributed by atoms with Crippen LogP contribution in [0.3, 0.4) is 0 Å². The molecular formula is C21H40OSi. The van der Waals surface area contributed by atoms with Gasteiger partial charge in [0, 0.05) is 0 Å². The van der Waals surface area contributed by atoms with Crippen LogP contribution in [0.4, 0.5) is 0 Å². The van der Waals surface area contributed by atoms with Crippen LogP contribution in [-0.4, -0.2) is 14.4 Å². The van der Waals surface area contributed by atoms with E-state index in [-0.39, 0.29) is 0 Å². The zero-order valence-corrected chi connectivity index (χ0v) is 17.7. The van der Waals surface area contributed by atoms with Gasteiger partial charge in [-0.05, 0) is 66.5 Å². The molecule has 3 fully saturated rings. The number of rotatable bonds is 6. The van der Waals surface area contributed by atoms with Crippen LogP contribution in [0.15, 0.2) is 0 Å². The highest BCUT2D eigenvalue weighted by molar-refractivity contribution is 6.74. The zero-order chi connectivity index (χ0) is 17.0. The summed E-state index contributed by atoms with van der Waals surface area (Å²) in [6.07, 6.45) is 9.24. The highest BCUT2D eigenvalue weighted by Crippen LogP contribution is 2.68. The molecule has 134 valence electrons. The van der Waals surface area contributed by atoms with Crippen molar-refractivity contribution in [1.82, 2.24) is 0 Å². The largest absolute Gasteiger partial charge is 0.413 e. The molecule has 1 unspecified atom stereocenters. The van der Waals surface area contributed by atoms with Crippen molar-refractivity contribution >= 4 is 8.32 Å². The third kappa shape index (κ3) is 2.76. The van der Waals surface area contributed by atoms with Crippen molar-refractivity contribution in [1.29, 1.82) is 0 Å². The maximum Gasteiger partial charge on any atom is 0.192 e. The second-order valence-corrected chi connectivity index (χ2v) is 15.1. The Bertz CT molecular complexity index is 398. The van der Waals surface area contributed by atoms with Crippen LogP contribution in [-0.2, 0) is 4.43 Å². The lowest BCUT2D eigenvalue weighted by Crippen LogP contribution is -2.45. The summed E-state index contributed by atoms with van der Waals surface area (Å²) < 4.78 is 7.12. The van der Waals surface area contributed by atoms with Gasteiger partial charge in [-0.2, -0.15) is 0 Å². The molecule has 3 aliphatic rings. The Kier molecular flexibility index (Phi) is 4.82. The van der Waals surface area contributed by atoms with Crippen molar-refractivity contribution in [2.24, 2.45) is 35.5 Å². The molecule has 0 radical (unpaired) electrons. The van der Waals surface area contributed by atoms with E-state index in [1.54, 1.807) is 0 Å². The van der Waals surface area contributed by atoms with Gasteiger partial charge in [0.05, 0.1) is 6.10 Å². The molecule has 23 heavy (non-hydrogen) atoms. The third-order valence-corrected chi connectivity index (χ3v) is 12.6. The molecule has 0 heterocycles. The average molecular weight is 337 g/mol. The first-order valence-corrected chi connectivity index (χ1v) is 13.3. The lowest BCUT2D eigenvalue weighted by Gasteiger charge is -2.47. The van der Waals surface area contributed by atoms with E-state index in [1.165, 1.54) is 38.5 Å². The summed E-state index contributed by atoms with van der Waals surface area (Å²) in [4.78, 5) is 0. The van der Waals surface area contributed by atoms with E-state index in [0.29, 0.717) is 11.1 Å². The lowest BCUT2D eigenvalue weighted by atomic mass is 9.58. The lowest BCUT2D eigenvalue weighted by molar-refractivity contribution is 0.0146. The van der Waals surface area contributed by atoms with Gasteiger partial charge >= 0.3 is 0 Å². The molecule has 0 N–H and O–H groups in total. The SMILES string of the molecule is CCC[C@@H]1[C@H](CCC)[C@H]2C(O[Si](C)(C)C(C)(C)C)[C@@H]1[C@@H]1CC[C@@H]12. The van der Waals surface area contributed by atoms with Gasteiger partial charge in [-0.3, -0.25) is 0 Å². The first kappa shape index (κ1) is 18.0. The van der Waals surface area contributed by atoms with E-state index in [2.05, 4.69) is 47.7 Å². The molecule has 3 aliphatic carbocycles. The Morgan fingerprint density at radius 2 is 1.30 bits per heavy atom. The summed E-state index contributed by atoms with van der Waals surface area (Å²) in [6, 6.07) is 0. The van der Waals surface area contributed by atoms with Crippen LogP contribution in [0, 0.1) is 35.5 Å². The highest BCUT2D eigenvalue weighted by atomic mass is 28.4. The third-order valence-electron chi connectivity index (χ3n) is 8.15. The predicted octanol–water partition coefficient (Wildman–Crippen LogP) is 6.50. The number of hydrogen-bond donors (Lipinski definition) is 0. The molecule has 1 nitrogen and oxygen atoms in total. The van der Waals surface area contributed by atoms with Crippen LogP contribution in [0.5, 0.6) is 0 Å². The van der Waals surface area contributed by atoms with E-state index in [9.17, 15) is 0 Å². The van der Waals surface area contributed by atoms with Gasteiger partial charge in [-0.1, -0.05) is 60.3 Å². The van der Waals surface area contributed by atoms with Gasteiger partial charge in [0.2, 0.25) is 0 Å². The molecule has 0 aliphatic heterocycles. The predicted molar refractivity (Wildman–Crippen MR) is 102 cm³/mol. The molecule has 3 saturated carbocycles. The Balaban J connectivity index is 1.85. The summed E-state index contributed by atoms with van der Waals surface area (Å²) in [6.45, 7) is 16.9. The molecule has 0 aromatic rings. The molecule has 0 aromatic carbocycles. The van der Waals surface area contributed by atoms with Crippen molar-refractivity contribution in [3.8, 4) is 0 Å². The molecule has 7 atom stereocenters. The van der Waals surface area contributed by atoms with Gasteiger partial charge in [0.25, 0.3) is 0 Å². The summed E-state index contributed by atoms with van der Waals surface area (Å²) in [7, 11) is -1.65. The van der Waals surface area contributed by atoms with E-state index >= 15 is 0 Å². The molecule has 0 saturated heterocycles. The van der Waals surface area contributed by atoms with Crippen LogP contribution in [0.25, 0.3) is 0 Å².